The van der Waals surface area contributed by atoms with Crippen LogP contribution in [0.3, 0.4) is 0 Å². The highest BCUT2D eigenvalue weighted by Crippen LogP contribution is 2.24. The first-order chi connectivity index (χ1) is 9.74. The van der Waals surface area contributed by atoms with Crippen LogP contribution in [0.25, 0.3) is 10.8 Å². The zero-order valence-corrected chi connectivity index (χ0v) is 11.6. The molecule has 0 aliphatic carbocycles. The van der Waals surface area contributed by atoms with Crippen molar-refractivity contribution in [3.8, 4) is 10.8 Å². The molecule has 0 unspecified atom stereocenters. The van der Waals surface area contributed by atoms with Crippen molar-refractivity contribution >= 4 is 17.3 Å². The second kappa shape index (κ2) is 5.34. The lowest BCUT2D eigenvalue weighted by Gasteiger charge is -2.03. The normalized spacial score (nSPS) is 10.7. The lowest BCUT2D eigenvalue weighted by Crippen LogP contribution is -2.09. The Hall–Kier alpha value is -2.34. The summed E-state index contributed by atoms with van der Waals surface area (Å²) in [6.45, 7) is 0.0718. The maximum Gasteiger partial charge on any atom is 0.355 e. The number of oxazole rings is 1. The summed E-state index contributed by atoms with van der Waals surface area (Å²) in [6.07, 6.45) is 3.37. The van der Waals surface area contributed by atoms with Crippen LogP contribution >= 0.6 is 11.3 Å². The zero-order valence-electron chi connectivity index (χ0n) is 10.8. The zero-order chi connectivity index (χ0) is 13.9. The molecule has 102 valence electrons. The molecule has 0 radical (unpaired) electrons. The van der Waals surface area contributed by atoms with Crippen molar-refractivity contribution < 1.29 is 13.9 Å². The van der Waals surface area contributed by atoms with Gasteiger partial charge < -0.3 is 13.7 Å². The Labute approximate surface area is 119 Å². The van der Waals surface area contributed by atoms with E-state index in [1.807, 2.05) is 17.5 Å². The molecule has 6 heteroatoms. The molecule has 0 N–H and O–H groups in total. The first-order valence-corrected chi connectivity index (χ1v) is 6.89. The van der Waals surface area contributed by atoms with Gasteiger partial charge in [-0.2, -0.15) is 0 Å². The fourth-order valence-electron chi connectivity index (χ4n) is 1.77. The smallest absolute Gasteiger partial charge is 0.355 e. The molecular weight excluding hydrogens is 276 g/mol. The van der Waals surface area contributed by atoms with Gasteiger partial charge in [0.1, 0.15) is 5.69 Å². The van der Waals surface area contributed by atoms with Gasteiger partial charge in [0.05, 0.1) is 11.1 Å². The van der Waals surface area contributed by atoms with Crippen LogP contribution in [0.5, 0.6) is 0 Å². The molecule has 0 aliphatic rings. The third-order valence-corrected chi connectivity index (χ3v) is 3.64. The summed E-state index contributed by atoms with van der Waals surface area (Å²) < 4.78 is 12.4. The van der Waals surface area contributed by atoms with Crippen molar-refractivity contribution in [3.63, 3.8) is 0 Å². The van der Waals surface area contributed by atoms with E-state index in [1.165, 1.54) is 0 Å². The molecule has 3 heterocycles. The molecule has 3 aromatic heterocycles. The van der Waals surface area contributed by atoms with Crippen molar-refractivity contribution in [2.75, 3.05) is 0 Å². The predicted molar refractivity (Wildman–Crippen MR) is 74.3 cm³/mol. The predicted octanol–water partition coefficient (Wildman–Crippen LogP) is 3.10. The van der Waals surface area contributed by atoms with E-state index in [-0.39, 0.29) is 12.6 Å². The van der Waals surface area contributed by atoms with E-state index >= 15 is 0 Å². The van der Waals surface area contributed by atoms with E-state index in [4.69, 9.17) is 9.15 Å². The molecule has 3 aromatic rings. The first kappa shape index (κ1) is 12.7. The van der Waals surface area contributed by atoms with Crippen LogP contribution in [0.1, 0.15) is 16.2 Å². The van der Waals surface area contributed by atoms with Crippen molar-refractivity contribution in [1.82, 2.24) is 9.55 Å². The van der Waals surface area contributed by atoms with Crippen molar-refractivity contribution in [2.24, 2.45) is 7.05 Å². The van der Waals surface area contributed by atoms with Gasteiger partial charge in [-0.15, -0.1) is 11.3 Å². The average Bonchev–Trinajstić information content (AvgIpc) is 3.16. The number of rotatable bonds is 4. The number of ether oxygens (including phenoxy) is 1. The third kappa shape index (κ3) is 2.50. The Kier molecular flexibility index (Phi) is 3.39. The summed E-state index contributed by atoms with van der Waals surface area (Å²) in [7, 11) is 1.79. The molecule has 5 nitrogen and oxygen atoms in total. The molecule has 0 bridgehead atoms. The van der Waals surface area contributed by atoms with Crippen LogP contribution in [0, 0.1) is 0 Å². The quantitative estimate of drug-likeness (QED) is 0.692. The number of carbonyl (C=O) groups is 1. The topological polar surface area (TPSA) is 57.3 Å². The maximum atomic E-state index is 11.8. The summed E-state index contributed by atoms with van der Waals surface area (Å²) in [6, 6.07) is 7.36. The SMILES string of the molecule is Cn1cccc1C(=O)OCc1cnc(-c2cccs2)o1. The Morgan fingerprint density at radius 2 is 2.35 bits per heavy atom. The number of thiophene rings is 1. The van der Waals surface area contributed by atoms with E-state index in [9.17, 15) is 4.79 Å². The first-order valence-electron chi connectivity index (χ1n) is 6.01. The summed E-state index contributed by atoms with van der Waals surface area (Å²) in [4.78, 5) is 16.9. The number of carbonyl (C=O) groups excluding carboxylic acids is 1. The fourth-order valence-corrected chi connectivity index (χ4v) is 2.43. The van der Waals surface area contributed by atoms with Crippen LogP contribution in [0.15, 0.2) is 46.5 Å². The van der Waals surface area contributed by atoms with Gasteiger partial charge in [-0.25, -0.2) is 9.78 Å². The number of nitrogens with zero attached hydrogens (tertiary/aromatic N) is 2. The van der Waals surface area contributed by atoms with E-state index in [0.717, 1.165) is 4.88 Å². The summed E-state index contributed by atoms with van der Waals surface area (Å²) in [5.74, 6) is 0.687. The highest BCUT2D eigenvalue weighted by atomic mass is 32.1. The van der Waals surface area contributed by atoms with Crippen molar-refractivity contribution in [3.05, 3.63) is 53.5 Å². The molecule has 20 heavy (non-hydrogen) atoms. The highest BCUT2D eigenvalue weighted by molar-refractivity contribution is 7.13. The van der Waals surface area contributed by atoms with Crippen molar-refractivity contribution in [2.45, 2.75) is 6.61 Å². The van der Waals surface area contributed by atoms with Gasteiger partial charge in [-0.3, -0.25) is 0 Å². The highest BCUT2D eigenvalue weighted by Gasteiger charge is 2.13. The van der Waals surface area contributed by atoms with E-state index in [2.05, 4.69) is 4.98 Å². The largest absolute Gasteiger partial charge is 0.453 e. The Morgan fingerprint density at radius 1 is 1.45 bits per heavy atom. The maximum absolute atomic E-state index is 11.8. The van der Waals surface area contributed by atoms with E-state index in [1.54, 1.807) is 47.5 Å². The fraction of sp³-hybridized carbons (Fsp3) is 0.143. The number of aromatic nitrogens is 2. The Bertz CT molecular complexity index is 712. The minimum absolute atomic E-state index is 0.0718. The van der Waals surface area contributed by atoms with E-state index in [0.29, 0.717) is 17.3 Å². The van der Waals surface area contributed by atoms with Crippen LogP contribution < -0.4 is 0 Å². The van der Waals surface area contributed by atoms with Gasteiger partial charge in [-0.1, -0.05) is 6.07 Å². The van der Waals surface area contributed by atoms with Crippen LogP contribution in [-0.4, -0.2) is 15.5 Å². The molecule has 0 atom stereocenters. The monoisotopic (exact) mass is 288 g/mol. The van der Waals surface area contributed by atoms with Crippen LogP contribution in [-0.2, 0) is 18.4 Å². The van der Waals surface area contributed by atoms with Crippen LogP contribution in [0.4, 0.5) is 0 Å². The van der Waals surface area contributed by atoms with Gasteiger partial charge in [-0.05, 0) is 23.6 Å². The average molecular weight is 288 g/mol. The standard InChI is InChI=1S/C14H12N2O3S/c1-16-6-2-4-11(16)14(17)18-9-10-8-15-13(19-10)12-5-3-7-20-12/h2-8H,9H2,1H3. The van der Waals surface area contributed by atoms with Gasteiger partial charge in [0.15, 0.2) is 12.4 Å². The molecule has 3 rings (SSSR count). The molecular formula is C14H12N2O3S. The third-order valence-electron chi connectivity index (χ3n) is 2.78. The van der Waals surface area contributed by atoms with Gasteiger partial charge >= 0.3 is 5.97 Å². The molecule has 0 saturated carbocycles. The number of hydrogen-bond acceptors (Lipinski definition) is 5. The van der Waals surface area contributed by atoms with Gasteiger partial charge in [0.2, 0.25) is 5.89 Å². The van der Waals surface area contributed by atoms with Crippen molar-refractivity contribution in [1.29, 1.82) is 0 Å². The minimum atomic E-state index is -0.383. The summed E-state index contributed by atoms with van der Waals surface area (Å²) in [5.41, 5.74) is 0.503. The Balaban J connectivity index is 1.65. The molecule has 0 spiro atoms. The second-order valence-corrected chi connectivity index (χ2v) is 5.14. The second-order valence-electron chi connectivity index (χ2n) is 4.19. The molecule has 0 aromatic carbocycles. The lowest BCUT2D eigenvalue weighted by atomic mass is 10.4. The lowest BCUT2D eigenvalue weighted by molar-refractivity contribution is 0.0435. The molecule has 0 saturated heterocycles. The number of esters is 1. The number of hydrogen-bond donors (Lipinski definition) is 0. The molecule has 0 amide bonds. The molecule has 0 aliphatic heterocycles. The minimum Gasteiger partial charge on any atom is -0.453 e. The van der Waals surface area contributed by atoms with E-state index < -0.39 is 0 Å². The van der Waals surface area contributed by atoms with Crippen LogP contribution in [0.2, 0.25) is 0 Å². The Morgan fingerprint density at radius 3 is 3.05 bits per heavy atom. The summed E-state index contributed by atoms with van der Waals surface area (Å²) in [5, 5.41) is 1.95. The summed E-state index contributed by atoms with van der Waals surface area (Å²) >= 11 is 1.55. The van der Waals surface area contributed by atoms with Gasteiger partial charge in [0, 0.05) is 13.2 Å². The molecule has 0 fully saturated rings. The van der Waals surface area contributed by atoms with Gasteiger partial charge in [0.25, 0.3) is 0 Å². The number of aryl methyl sites for hydroxylation is 1.